The average Bonchev–Trinajstić information content (AvgIpc) is 3.18. The van der Waals surface area contributed by atoms with Crippen molar-refractivity contribution in [2.75, 3.05) is 33.8 Å². The highest BCUT2D eigenvalue weighted by atomic mass is 79.9. The van der Waals surface area contributed by atoms with Gasteiger partial charge in [0.15, 0.2) is 5.96 Å². The molecule has 0 aromatic heterocycles. The Hall–Kier alpha value is -1.56. The number of carbonyl (C=O) groups excluding carboxylic acids is 1. The SMILES string of the molecule is CN=C(NCC1(c2cccc(Br)c2)CCCC1)N1CCC(C(=O)OC)CC1. The van der Waals surface area contributed by atoms with Gasteiger partial charge in [-0.25, -0.2) is 0 Å². The Labute approximate surface area is 170 Å². The van der Waals surface area contributed by atoms with Crippen molar-refractivity contribution in [3.8, 4) is 0 Å². The first-order valence-electron chi connectivity index (χ1n) is 9.87. The fraction of sp³-hybridized carbons (Fsp3) is 0.619. The molecule has 0 unspecified atom stereocenters. The van der Waals surface area contributed by atoms with Gasteiger partial charge in [-0.2, -0.15) is 0 Å². The minimum absolute atomic E-state index is 0.0206. The van der Waals surface area contributed by atoms with Gasteiger partial charge < -0.3 is 15.0 Å². The van der Waals surface area contributed by atoms with E-state index in [1.807, 2.05) is 7.05 Å². The summed E-state index contributed by atoms with van der Waals surface area (Å²) in [6.45, 7) is 2.57. The predicted octanol–water partition coefficient (Wildman–Crippen LogP) is 3.72. The van der Waals surface area contributed by atoms with Gasteiger partial charge in [-0.1, -0.05) is 40.9 Å². The van der Waals surface area contributed by atoms with Gasteiger partial charge >= 0.3 is 5.97 Å². The zero-order chi connectivity index (χ0) is 19.3. The molecular formula is C21H30BrN3O2. The van der Waals surface area contributed by atoms with Crippen LogP contribution in [0.25, 0.3) is 0 Å². The van der Waals surface area contributed by atoms with E-state index in [1.54, 1.807) is 0 Å². The van der Waals surface area contributed by atoms with Gasteiger partial charge in [-0.05, 0) is 43.4 Å². The number of nitrogens with zero attached hydrogens (tertiary/aromatic N) is 2. The molecule has 5 nitrogen and oxygen atoms in total. The molecule has 1 aromatic rings. The largest absolute Gasteiger partial charge is 0.469 e. The third kappa shape index (κ3) is 4.65. The highest BCUT2D eigenvalue weighted by Gasteiger charge is 2.36. The van der Waals surface area contributed by atoms with E-state index in [4.69, 9.17) is 4.74 Å². The molecule has 1 aliphatic heterocycles. The second-order valence-electron chi connectivity index (χ2n) is 7.68. The smallest absolute Gasteiger partial charge is 0.308 e. The Balaban J connectivity index is 1.64. The number of benzene rings is 1. The lowest BCUT2D eigenvalue weighted by Gasteiger charge is -2.36. The topological polar surface area (TPSA) is 53.9 Å². The summed E-state index contributed by atoms with van der Waals surface area (Å²) >= 11 is 3.62. The number of halogens is 1. The Morgan fingerprint density at radius 2 is 2.04 bits per heavy atom. The van der Waals surface area contributed by atoms with Gasteiger partial charge in [-0.15, -0.1) is 0 Å². The molecular weight excluding hydrogens is 406 g/mol. The average molecular weight is 436 g/mol. The van der Waals surface area contributed by atoms with Crippen molar-refractivity contribution in [2.45, 2.75) is 43.9 Å². The molecule has 0 bridgehead atoms. The quantitative estimate of drug-likeness (QED) is 0.444. The molecule has 3 rings (SSSR count). The Morgan fingerprint density at radius 3 is 2.63 bits per heavy atom. The molecule has 2 aliphatic rings. The molecule has 1 aromatic carbocycles. The summed E-state index contributed by atoms with van der Waals surface area (Å²) in [5.41, 5.74) is 1.58. The third-order valence-corrected chi connectivity index (χ3v) is 6.62. The number of hydrogen-bond acceptors (Lipinski definition) is 3. The van der Waals surface area contributed by atoms with Crippen LogP contribution >= 0.6 is 15.9 Å². The van der Waals surface area contributed by atoms with E-state index in [9.17, 15) is 4.79 Å². The zero-order valence-corrected chi connectivity index (χ0v) is 17.9. The summed E-state index contributed by atoms with van der Waals surface area (Å²) in [7, 11) is 3.31. The molecule has 1 aliphatic carbocycles. The van der Waals surface area contributed by atoms with Gasteiger partial charge in [0.25, 0.3) is 0 Å². The van der Waals surface area contributed by atoms with Crippen LogP contribution in [-0.4, -0.2) is 50.6 Å². The normalized spacial score (nSPS) is 20.6. The van der Waals surface area contributed by atoms with Gasteiger partial charge in [0, 0.05) is 36.6 Å². The fourth-order valence-electron chi connectivity index (χ4n) is 4.51. The number of aliphatic imine (C=N–C) groups is 1. The first-order valence-corrected chi connectivity index (χ1v) is 10.7. The van der Waals surface area contributed by atoms with E-state index in [0.717, 1.165) is 42.9 Å². The van der Waals surface area contributed by atoms with Crippen molar-refractivity contribution in [3.63, 3.8) is 0 Å². The summed E-state index contributed by atoms with van der Waals surface area (Å²) in [6, 6.07) is 8.73. The third-order valence-electron chi connectivity index (χ3n) is 6.12. The first-order chi connectivity index (χ1) is 13.1. The van der Waals surface area contributed by atoms with Crippen LogP contribution in [0.2, 0.25) is 0 Å². The van der Waals surface area contributed by atoms with E-state index < -0.39 is 0 Å². The van der Waals surface area contributed by atoms with Crippen molar-refractivity contribution in [3.05, 3.63) is 34.3 Å². The molecule has 0 radical (unpaired) electrons. The van der Waals surface area contributed by atoms with Crippen molar-refractivity contribution >= 4 is 27.9 Å². The summed E-state index contributed by atoms with van der Waals surface area (Å²) in [5.74, 6) is 0.879. The minimum Gasteiger partial charge on any atom is -0.469 e. The molecule has 1 saturated carbocycles. The maximum absolute atomic E-state index is 11.7. The molecule has 6 heteroatoms. The number of rotatable bonds is 4. The van der Waals surface area contributed by atoms with Gasteiger partial charge in [0.05, 0.1) is 13.0 Å². The van der Waals surface area contributed by atoms with Crippen molar-refractivity contribution < 1.29 is 9.53 Å². The molecule has 0 atom stereocenters. The van der Waals surface area contributed by atoms with E-state index in [1.165, 1.54) is 38.4 Å². The van der Waals surface area contributed by atoms with Crippen LogP contribution in [-0.2, 0) is 14.9 Å². The number of likely N-dealkylation sites (tertiary alicyclic amines) is 1. The molecule has 0 amide bonds. The number of piperidine rings is 1. The second kappa shape index (κ2) is 9.09. The first kappa shape index (κ1) is 20.2. The monoisotopic (exact) mass is 435 g/mol. The Morgan fingerprint density at radius 1 is 1.33 bits per heavy atom. The number of methoxy groups -OCH3 is 1. The van der Waals surface area contributed by atoms with Crippen molar-refractivity contribution in [2.24, 2.45) is 10.9 Å². The fourth-order valence-corrected chi connectivity index (χ4v) is 4.91. The van der Waals surface area contributed by atoms with Crippen LogP contribution in [0, 0.1) is 5.92 Å². The number of hydrogen-bond donors (Lipinski definition) is 1. The highest BCUT2D eigenvalue weighted by Crippen LogP contribution is 2.41. The molecule has 148 valence electrons. The standard InChI is InChI=1S/C21H30BrN3O2/c1-23-20(25-12-8-16(9-13-25)19(26)27-2)24-15-21(10-3-4-11-21)17-6-5-7-18(22)14-17/h5-7,14,16H,3-4,8-13,15H2,1-2H3,(H,23,24). The van der Waals surface area contributed by atoms with Crippen LogP contribution in [0.3, 0.4) is 0 Å². The number of esters is 1. The maximum atomic E-state index is 11.7. The number of carbonyl (C=O) groups is 1. The Kier molecular flexibility index (Phi) is 6.79. The van der Waals surface area contributed by atoms with Gasteiger partial charge in [0.1, 0.15) is 0 Å². The molecule has 1 saturated heterocycles. The molecule has 2 fully saturated rings. The zero-order valence-electron chi connectivity index (χ0n) is 16.3. The summed E-state index contributed by atoms with van der Waals surface area (Å²) in [6.07, 6.45) is 6.61. The van der Waals surface area contributed by atoms with Crippen LogP contribution in [0.4, 0.5) is 0 Å². The van der Waals surface area contributed by atoms with E-state index in [-0.39, 0.29) is 17.3 Å². The lowest BCUT2D eigenvalue weighted by molar-refractivity contribution is -0.146. The second-order valence-corrected chi connectivity index (χ2v) is 8.60. The molecule has 27 heavy (non-hydrogen) atoms. The van der Waals surface area contributed by atoms with Gasteiger partial charge in [0.2, 0.25) is 0 Å². The predicted molar refractivity (Wildman–Crippen MR) is 112 cm³/mol. The lowest BCUT2D eigenvalue weighted by atomic mass is 9.79. The summed E-state index contributed by atoms with van der Waals surface area (Å²) < 4.78 is 6.03. The maximum Gasteiger partial charge on any atom is 0.308 e. The minimum atomic E-state index is -0.0860. The number of guanidine groups is 1. The van der Waals surface area contributed by atoms with Crippen molar-refractivity contribution in [1.82, 2.24) is 10.2 Å². The van der Waals surface area contributed by atoms with E-state index in [2.05, 4.69) is 55.4 Å². The summed E-state index contributed by atoms with van der Waals surface area (Å²) in [5, 5.41) is 3.64. The molecule has 0 spiro atoms. The molecule has 1 N–H and O–H groups in total. The van der Waals surface area contributed by atoms with Crippen LogP contribution in [0.5, 0.6) is 0 Å². The van der Waals surface area contributed by atoms with Crippen LogP contribution < -0.4 is 5.32 Å². The van der Waals surface area contributed by atoms with Crippen molar-refractivity contribution in [1.29, 1.82) is 0 Å². The Bertz CT molecular complexity index is 678. The number of ether oxygens (including phenoxy) is 1. The molecule has 1 heterocycles. The van der Waals surface area contributed by atoms with Crippen LogP contribution in [0.1, 0.15) is 44.1 Å². The van der Waals surface area contributed by atoms with E-state index >= 15 is 0 Å². The number of nitrogens with one attached hydrogen (secondary N) is 1. The van der Waals surface area contributed by atoms with E-state index in [0.29, 0.717) is 0 Å². The lowest BCUT2D eigenvalue weighted by Crippen LogP contribution is -2.49. The van der Waals surface area contributed by atoms with Gasteiger partial charge in [-0.3, -0.25) is 9.79 Å². The highest BCUT2D eigenvalue weighted by molar-refractivity contribution is 9.10. The summed E-state index contributed by atoms with van der Waals surface area (Å²) in [4.78, 5) is 18.5. The van der Waals surface area contributed by atoms with Crippen LogP contribution in [0.15, 0.2) is 33.7 Å².